The molecule has 0 saturated carbocycles. The predicted molar refractivity (Wildman–Crippen MR) is 102 cm³/mol. The zero-order chi connectivity index (χ0) is 19.0. The van der Waals surface area contributed by atoms with Crippen molar-refractivity contribution in [1.29, 1.82) is 0 Å². The molecule has 27 heavy (non-hydrogen) atoms. The van der Waals surface area contributed by atoms with Crippen molar-refractivity contribution in [2.45, 2.75) is 12.5 Å². The van der Waals surface area contributed by atoms with Crippen LogP contribution in [0.15, 0.2) is 42.7 Å². The molecule has 0 bridgehead atoms. The number of benzene rings is 2. The first-order chi connectivity index (χ1) is 12.9. The number of anilines is 2. The van der Waals surface area contributed by atoms with Gasteiger partial charge in [0.2, 0.25) is 0 Å². The number of aromatic nitrogens is 2. The Bertz CT molecular complexity index is 1120. The molecule has 9 heteroatoms. The Morgan fingerprint density at radius 2 is 2.07 bits per heavy atom. The fourth-order valence-corrected chi connectivity index (χ4v) is 4.79. The topological polar surface area (TPSA) is 81.2 Å². The Hall–Kier alpha value is -2.45. The number of rotatable bonds is 4. The fraction of sp³-hybridized carbons (Fsp3) is 0.222. The highest BCUT2D eigenvalue weighted by Crippen LogP contribution is 2.33. The molecule has 140 valence electrons. The van der Waals surface area contributed by atoms with Gasteiger partial charge >= 0.3 is 0 Å². The lowest BCUT2D eigenvalue weighted by Gasteiger charge is -2.16. The molecule has 1 aromatic heterocycles. The van der Waals surface area contributed by atoms with Gasteiger partial charge in [0.1, 0.15) is 29.8 Å². The van der Waals surface area contributed by atoms with E-state index in [1.807, 2.05) is 0 Å². The Morgan fingerprint density at radius 3 is 2.81 bits per heavy atom. The van der Waals surface area contributed by atoms with Gasteiger partial charge in [-0.1, -0.05) is 17.7 Å². The Morgan fingerprint density at radius 1 is 1.22 bits per heavy atom. The minimum atomic E-state index is -3.06. The number of sulfone groups is 1. The monoisotopic (exact) mass is 407 g/mol. The Balaban J connectivity index is 1.71. The third-order valence-electron chi connectivity index (χ3n) is 4.29. The second kappa shape index (κ2) is 6.94. The summed E-state index contributed by atoms with van der Waals surface area (Å²) in [6.45, 7) is 0. The smallest absolute Gasteiger partial charge is 0.154 e. The maximum atomic E-state index is 13.4. The largest absolute Gasteiger partial charge is 0.488 e. The quantitative estimate of drug-likeness (QED) is 0.709. The lowest BCUT2D eigenvalue weighted by molar-refractivity contribution is 0.232. The minimum absolute atomic E-state index is 0.00654. The highest BCUT2D eigenvalue weighted by molar-refractivity contribution is 7.91. The molecule has 1 fully saturated rings. The van der Waals surface area contributed by atoms with Crippen LogP contribution in [0.2, 0.25) is 5.02 Å². The molecule has 1 aliphatic heterocycles. The molecular formula is C18H15ClFN3O3S. The molecular weight excluding hydrogens is 393 g/mol. The van der Waals surface area contributed by atoms with Crippen molar-refractivity contribution in [1.82, 2.24) is 9.97 Å². The zero-order valence-electron chi connectivity index (χ0n) is 14.0. The first kappa shape index (κ1) is 17.9. The molecule has 0 spiro atoms. The molecule has 0 aliphatic carbocycles. The molecule has 2 aromatic carbocycles. The summed E-state index contributed by atoms with van der Waals surface area (Å²) in [5, 5.41) is 3.70. The number of nitrogens with zero attached hydrogens (tertiary/aromatic N) is 2. The van der Waals surface area contributed by atoms with E-state index in [-0.39, 0.29) is 16.5 Å². The lowest BCUT2D eigenvalue weighted by Crippen LogP contribution is -2.18. The summed E-state index contributed by atoms with van der Waals surface area (Å²) in [5.74, 6) is 0.553. The van der Waals surface area contributed by atoms with Gasteiger partial charge in [-0.3, -0.25) is 0 Å². The van der Waals surface area contributed by atoms with Gasteiger partial charge in [0.25, 0.3) is 0 Å². The van der Waals surface area contributed by atoms with Crippen LogP contribution in [0.4, 0.5) is 15.9 Å². The van der Waals surface area contributed by atoms with E-state index in [9.17, 15) is 12.8 Å². The molecule has 0 radical (unpaired) electrons. The average Bonchev–Trinajstić information content (AvgIpc) is 2.97. The van der Waals surface area contributed by atoms with E-state index in [0.717, 1.165) is 0 Å². The summed E-state index contributed by atoms with van der Waals surface area (Å²) in [4.78, 5) is 8.50. The van der Waals surface area contributed by atoms with E-state index in [1.165, 1.54) is 18.5 Å². The van der Waals surface area contributed by atoms with Crippen LogP contribution in [0.25, 0.3) is 10.9 Å². The van der Waals surface area contributed by atoms with Crippen molar-refractivity contribution in [3.05, 3.63) is 53.6 Å². The molecule has 3 aromatic rings. The van der Waals surface area contributed by atoms with Crippen LogP contribution in [-0.2, 0) is 9.84 Å². The number of hydrogen-bond acceptors (Lipinski definition) is 6. The first-order valence-electron chi connectivity index (χ1n) is 8.24. The number of hydrogen-bond donors (Lipinski definition) is 1. The van der Waals surface area contributed by atoms with Gasteiger partial charge in [-0.25, -0.2) is 22.8 Å². The Labute approximate surface area is 160 Å². The summed E-state index contributed by atoms with van der Waals surface area (Å²) >= 11 is 5.84. The van der Waals surface area contributed by atoms with Gasteiger partial charge in [-0.2, -0.15) is 0 Å². The van der Waals surface area contributed by atoms with Crippen molar-refractivity contribution in [3.63, 3.8) is 0 Å². The van der Waals surface area contributed by atoms with Crippen molar-refractivity contribution in [2.24, 2.45) is 0 Å². The van der Waals surface area contributed by atoms with Gasteiger partial charge in [-0.15, -0.1) is 0 Å². The number of fused-ring (bicyclic) bond motifs is 1. The summed E-state index contributed by atoms with van der Waals surface area (Å²) in [7, 11) is -3.06. The van der Waals surface area contributed by atoms with Crippen molar-refractivity contribution in [2.75, 3.05) is 16.8 Å². The molecule has 1 atom stereocenters. The average molecular weight is 408 g/mol. The third-order valence-corrected chi connectivity index (χ3v) is 6.32. The fourth-order valence-electron chi connectivity index (χ4n) is 3.02. The molecule has 1 unspecified atom stereocenters. The van der Waals surface area contributed by atoms with E-state index in [2.05, 4.69) is 15.3 Å². The summed E-state index contributed by atoms with van der Waals surface area (Å²) in [6.07, 6.45) is 1.44. The number of halogens is 2. The van der Waals surface area contributed by atoms with Crippen molar-refractivity contribution < 1.29 is 17.5 Å². The van der Waals surface area contributed by atoms with E-state index in [0.29, 0.717) is 34.6 Å². The van der Waals surface area contributed by atoms with Crippen LogP contribution in [0.1, 0.15) is 6.42 Å². The first-order valence-corrected chi connectivity index (χ1v) is 10.4. The van der Waals surface area contributed by atoms with Gasteiger partial charge in [0, 0.05) is 5.69 Å². The van der Waals surface area contributed by atoms with Crippen LogP contribution in [-0.4, -0.2) is 36.0 Å². The molecule has 2 heterocycles. The maximum absolute atomic E-state index is 13.4. The number of ether oxygens (including phenoxy) is 1. The standard InChI is InChI=1S/C18H15ClFN3O3S/c19-13-8-11(4-5-14(13)20)23-18-17-15(21-10-22-18)2-1-3-16(17)26-12-6-7-27(24,25)9-12/h1-5,8,10,12H,6-7,9H2,(H,21,22,23). The van der Waals surface area contributed by atoms with Crippen LogP contribution < -0.4 is 10.1 Å². The van der Waals surface area contributed by atoms with E-state index >= 15 is 0 Å². The van der Waals surface area contributed by atoms with Gasteiger partial charge in [0.05, 0.1) is 27.4 Å². The lowest BCUT2D eigenvalue weighted by atomic mass is 10.2. The molecule has 0 amide bonds. The van der Waals surface area contributed by atoms with E-state index in [1.54, 1.807) is 24.3 Å². The third kappa shape index (κ3) is 3.81. The molecule has 1 saturated heterocycles. The van der Waals surface area contributed by atoms with Gasteiger partial charge in [-0.05, 0) is 36.8 Å². The molecule has 1 aliphatic rings. The van der Waals surface area contributed by atoms with Crippen LogP contribution in [0.3, 0.4) is 0 Å². The van der Waals surface area contributed by atoms with Gasteiger partial charge in [0.15, 0.2) is 9.84 Å². The molecule has 1 N–H and O–H groups in total. The second-order valence-electron chi connectivity index (χ2n) is 6.27. The van der Waals surface area contributed by atoms with E-state index in [4.69, 9.17) is 16.3 Å². The van der Waals surface area contributed by atoms with Crippen LogP contribution in [0.5, 0.6) is 5.75 Å². The normalized spacial score (nSPS) is 18.5. The van der Waals surface area contributed by atoms with Crippen LogP contribution >= 0.6 is 11.6 Å². The van der Waals surface area contributed by atoms with Crippen molar-refractivity contribution >= 4 is 43.8 Å². The highest BCUT2D eigenvalue weighted by Gasteiger charge is 2.30. The highest BCUT2D eigenvalue weighted by atomic mass is 35.5. The molecule has 4 rings (SSSR count). The summed E-state index contributed by atoms with van der Waals surface area (Å²) in [6, 6.07) is 9.60. The summed E-state index contributed by atoms with van der Waals surface area (Å²) in [5.41, 5.74) is 1.19. The molecule has 6 nitrogen and oxygen atoms in total. The minimum Gasteiger partial charge on any atom is -0.488 e. The SMILES string of the molecule is O=S1(=O)CCC(Oc2cccc3ncnc(Nc4ccc(F)c(Cl)c4)c23)C1. The predicted octanol–water partition coefficient (Wildman–Crippen LogP) is 3.73. The zero-order valence-corrected chi connectivity index (χ0v) is 15.6. The van der Waals surface area contributed by atoms with Crippen molar-refractivity contribution in [3.8, 4) is 5.75 Å². The Kier molecular flexibility index (Phi) is 4.61. The summed E-state index contributed by atoms with van der Waals surface area (Å²) < 4.78 is 42.8. The number of nitrogens with one attached hydrogen (secondary N) is 1. The van der Waals surface area contributed by atoms with E-state index < -0.39 is 21.8 Å². The second-order valence-corrected chi connectivity index (χ2v) is 8.91. The maximum Gasteiger partial charge on any atom is 0.154 e. The van der Waals surface area contributed by atoms with Gasteiger partial charge < -0.3 is 10.1 Å². The van der Waals surface area contributed by atoms with Crippen LogP contribution in [0, 0.1) is 5.82 Å².